The zero-order valence-corrected chi connectivity index (χ0v) is 12.6. The third kappa shape index (κ3) is 2.29. The van der Waals surface area contributed by atoms with Gasteiger partial charge in [-0.1, -0.05) is 42.5 Å². The summed E-state index contributed by atoms with van der Waals surface area (Å²) in [6.45, 7) is 0.657. The number of nitrogens with zero attached hydrogens (tertiary/aromatic N) is 2. The molecule has 3 aromatic rings. The van der Waals surface area contributed by atoms with Crippen molar-refractivity contribution >= 4 is 16.7 Å². The molecule has 1 aliphatic rings. The summed E-state index contributed by atoms with van der Waals surface area (Å²) in [5.41, 5.74) is 4.09. The molecule has 23 heavy (non-hydrogen) atoms. The summed E-state index contributed by atoms with van der Waals surface area (Å²) < 4.78 is 0. The number of fused-ring (bicyclic) bond motifs is 2. The van der Waals surface area contributed by atoms with Crippen LogP contribution in [0.25, 0.3) is 22.0 Å². The molecule has 0 saturated carbocycles. The number of aromatic nitrogens is 2. The predicted molar refractivity (Wildman–Crippen MR) is 87.7 cm³/mol. The minimum absolute atomic E-state index is 0.235. The van der Waals surface area contributed by atoms with Gasteiger partial charge in [-0.2, -0.15) is 5.10 Å². The molecule has 0 unspecified atom stereocenters. The van der Waals surface area contributed by atoms with Crippen LogP contribution >= 0.6 is 0 Å². The maximum absolute atomic E-state index is 11.8. The Hall–Kier alpha value is -2.66. The van der Waals surface area contributed by atoms with Crippen LogP contribution in [0.4, 0.5) is 0 Å². The number of carbonyl (C=O) groups is 1. The lowest BCUT2D eigenvalue weighted by atomic mass is 9.97. The molecule has 2 N–H and O–H groups in total. The molecule has 0 radical (unpaired) electrons. The summed E-state index contributed by atoms with van der Waals surface area (Å²) in [5, 5.41) is 19.0. The van der Waals surface area contributed by atoms with Crippen molar-refractivity contribution < 1.29 is 9.90 Å². The first-order chi connectivity index (χ1) is 11.3. The minimum atomic E-state index is -0.448. The number of aromatic amines is 1. The number of hydrogen-bond acceptors (Lipinski definition) is 3. The van der Waals surface area contributed by atoms with E-state index in [0.29, 0.717) is 13.1 Å². The molecule has 1 aromatic heterocycles. The van der Waals surface area contributed by atoms with E-state index in [9.17, 15) is 4.79 Å². The fourth-order valence-corrected chi connectivity index (χ4v) is 3.26. The van der Waals surface area contributed by atoms with E-state index in [4.69, 9.17) is 5.11 Å². The van der Waals surface area contributed by atoms with Crippen LogP contribution in [0.5, 0.6) is 0 Å². The monoisotopic (exact) mass is 307 g/mol. The molecule has 0 fully saturated rings. The highest BCUT2D eigenvalue weighted by atomic mass is 16.3. The highest BCUT2D eigenvalue weighted by Gasteiger charge is 2.25. The van der Waals surface area contributed by atoms with E-state index in [2.05, 4.69) is 34.5 Å². The molecular formula is C18H17N3O2. The molecular weight excluding hydrogens is 290 g/mol. The van der Waals surface area contributed by atoms with Gasteiger partial charge >= 0.3 is 0 Å². The standard InChI is InChI=1S/C18H17N3O2/c22-11-17(23)21-9-8-16-15(10-21)18(20-19-16)14-7-3-5-12-4-1-2-6-13(12)14/h1-7,22H,8-11H2,(H,19,20). The van der Waals surface area contributed by atoms with E-state index in [1.807, 2.05) is 18.2 Å². The molecule has 1 amide bonds. The first-order valence-corrected chi connectivity index (χ1v) is 7.71. The van der Waals surface area contributed by atoms with Crippen LogP contribution in [0.3, 0.4) is 0 Å². The summed E-state index contributed by atoms with van der Waals surface area (Å²) >= 11 is 0. The zero-order chi connectivity index (χ0) is 15.8. The second kappa shape index (κ2) is 5.52. The van der Waals surface area contributed by atoms with Gasteiger partial charge in [-0.05, 0) is 10.8 Å². The first kappa shape index (κ1) is 14.0. The number of carbonyl (C=O) groups excluding carboxylic acids is 1. The van der Waals surface area contributed by atoms with Gasteiger partial charge in [-0.25, -0.2) is 0 Å². The molecule has 2 heterocycles. The molecule has 5 nitrogen and oxygen atoms in total. The molecule has 4 rings (SSSR count). The van der Waals surface area contributed by atoms with Crippen molar-refractivity contribution in [1.29, 1.82) is 0 Å². The van der Waals surface area contributed by atoms with Gasteiger partial charge in [-0.3, -0.25) is 9.89 Å². The van der Waals surface area contributed by atoms with Crippen molar-refractivity contribution in [2.75, 3.05) is 13.2 Å². The largest absolute Gasteiger partial charge is 0.387 e. The van der Waals surface area contributed by atoms with Gasteiger partial charge in [0.25, 0.3) is 0 Å². The molecule has 1 aliphatic heterocycles. The highest BCUT2D eigenvalue weighted by Crippen LogP contribution is 2.33. The van der Waals surface area contributed by atoms with Gasteiger partial charge < -0.3 is 10.0 Å². The predicted octanol–water partition coefficient (Wildman–Crippen LogP) is 2.11. The number of nitrogens with one attached hydrogen (secondary N) is 1. The Morgan fingerprint density at radius 3 is 2.91 bits per heavy atom. The quantitative estimate of drug-likeness (QED) is 0.762. The Morgan fingerprint density at radius 1 is 1.22 bits per heavy atom. The Balaban J connectivity index is 1.82. The van der Waals surface area contributed by atoms with Crippen LogP contribution < -0.4 is 0 Å². The summed E-state index contributed by atoms with van der Waals surface area (Å²) in [7, 11) is 0. The third-order valence-electron chi connectivity index (χ3n) is 4.47. The Labute approximate surface area is 133 Å². The normalized spacial score (nSPS) is 14.0. The van der Waals surface area contributed by atoms with E-state index in [1.165, 1.54) is 5.39 Å². The Morgan fingerprint density at radius 2 is 2.04 bits per heavy atom. The molecule has 0 atom stereocenters. The molecule has 0 aliphatic carbocycles. The van der Waals surface area contributed by atoms with E-state index >= 15 is 0 Å². The molecule has 2 aromatic carbocycles. The van der Waals surface area contributed by atoms with Crippen molar-refractivity contribution in [1.82, 2.24) is 15.1 Å². The van der Waals surface area contributed by atoms with Crippen molar-refractivity contribution in [3.8, 4) is 11.3 Å². The van der Waals surface area contributed by atoms with E-state index in [-0.39, 0.29) is 5.91 Å². The van der Waals surface area contributed by atoms with E-state index < -0.39 is 6.61 Å². The smallest absolute Gasteiger partial charge is 0.248 e. The maximum atomic E-state index is 11.8. The third-order valence-corrected chi connectivity index (χ3v) is 4.47. The number of rotatable bonds is 2. The maximum Gasteiger partial charge on any atom is 0.248 e. The number of hydrogen-bond donors (Lipinski definition) is 2. The van der Waals surface area contributed by atoms with E-state index in [1.54, 1.807) is 4.90 Å². The fraction of sp³-hybridized carbons (Fsp3) is 0.222. The topological polar surface area (TPSA) is 69.2 Å². The van der Waals surface area contributed by atoms with Crippen molar-refractivity contribution in [3.05, 3.63) is 53.7 Å². The van der Waals surface area contributed by atoms with Crippen molar-refractivity contribution in [3.63, 3.8) is 0 Å². The molecule has 0 spiro atoms. The molecule has 0 saturated heterocycles. The van der Waals surface area contributed by atoms with Gasteiger partial charge in [0.15, 0.2) is 0 Å². The summed E-state index contributed by atoms with van der Waals surface area (Å²) in [4.78, 5) is 13.5. The second-order valence-electron chi connectivity index (χ2n) is 5.78. The van der Waals surface area contributed by atoms with Crippen LogP contribution in [0.15, 0.2) is 42.5 Å². The summed E-state index contributed by atoms with van der Waals surface area (Å²) in [5.74, 6) is -0.235. The number of aliphatic hydroxyl groups excluding tert-OH is 1. The molecule has 116 valence electrons. The SMILES string of the molecule is O=C(CO)N1CCc2[nH]nc(-c3cccc4ccccc34)c2C1. The average molecular weight is 307 g/mol. The van der Waals surface area contributed by atoms with Crippen LogP contribution in [0.2, 0.25) is 0 Å². The number of H-pyrrole nitrogens is 1. The van der Waals surface area contributed by atoms with Gasteiger partial charge in [0.05, 0.1) is 5.69 Å². The first-order valence-electron chi connectivity index (χ1n) is 7.71. The lowest BCUT2D eigenvalue weighted by Crippen LogP contribution is -2.37. The fourth-order valence-electron chi connectivity index (χ4n) is 3.26. The van der Waals surface area contributed by atoms with Crippen LogP contribution in [0.1, 0.15) is 11.3 Å². The summed E-state index contributed by atoms with van der Waals surface area (Å²) in [6, 6.07) is 14.4. The van der Waals surface area contributed by atoms with Gasteiger partial charge in [0, 0.05) is 36.3 Å². The highest BCUT2D eigenvalue weighted by molar-refractivity contribution is 5.96. The Kier molecular flexibility index (Phi) is 3.35. The lowest BCUT2D eigenvalue weighted by Gasteiger charge is -2.26. The van der Waals surface area contributed by atoms with Crippen LogP contribution in [-0.2, 0) is 17.8 Å². The average Bonchev–Trinajstić information content (AvgIpc) is 3.03. The lowest BCUT2D eigenvalue weighted by molar-refractivity contribution is -0.135. The van der Waals surface area contributed by atoms with Gasteiger partial charge in [-0.15, -0.1) is 0 Å². The summed E-state index contributed by atoms with van der Waals surface area (Å²) in [6.07, 6.45) is 0.735. The Bertz CT molecular complexity index is 880. The number of benzene rings is 2. The molecule has 5 heteroatoms. The van der Waals surface area contributed by atoms with Crippen molar-refractivity contribution in [2.45, 2.75) is 13.0 Å². The van der Waals surface area contributed by atoms with Gasteiger partial charge in [0.2, 0.25) is 5.91 Å². The zero-order valence-electron chi connectivity index (χ0n) is 12.6. The molecule has 0 bridgehead atoms. The second-order valence-corrected chi connectivity index (χ2v) is 5.78. The minimum Gasteiger partial charge on any atom is -0.387 e. The van der Waals surface area contributed by atoms with Crippen molar-refractivity contribution in [2.24, 2.45) is 0 Å². The van der Waals surface area contributed by atoms with Crippen LogP contribution in [0, 0.1) is 0 Å². The van der Waals surface area contributed by atoms with E-state index in [0.717, 1.165) is 34.3 Å². The van der Waals surface area contributed by atoms with Gasteiger partial charge in [0.1, 0.15) is 6.61 Å². The number of amides is 1. The number of aliphatic hydroxyl groups is 1. The van der Waals surface area contributed by atoms with Crippen LogP contribution in [-0.4, -0.2) is 39.3 Å².